The molecule has 0 aliphatic carbocycles. The number of aryl methyl sites for hydroxylation is 1. The van der Waals surface area contributed by atoms with Gasteiger partial charge in [-0.15, -0.1) is 0 Å². The smallest absolute Gasteiger partial charge is 0.311 e. The zero-order chi connectivity index (χ0) is 25.8. The first-order valence-corrected chi connectivity index (χ1v) is 12.4. The monoisotopic (exact) mass is 550 g/mol. The van der Waals surface area contributed by atoms with Gasteiger partial charge in [0.15, 0.2) is 6.61 Å². The number of nitrogens with zero attached hydrogens (tertiary/aromatic N) is 1. The number of rotatable bonds is 7. The van der Waals surface area contributed by atoms with E-state index in [2.05, 4.69) is 21.2 Å². The molecule has 0 radical (unpaired) electrons. The van der Waals surface area contributed by atoms with E-state index in [9.17, 15) is 14.4 Å². The molecule has 3 aromatic rings. The molecule has 8 heteroatoms. The minimum absolute atomic E-state index is 0.0348. The van der Waals surface area contributed by atoms with Crippen molar-refractivity contribution in [2.24, 2.45) is 5.92 Å². The van der Waals surface area contributed by atoms with Gasteiger partial charge in [0, 0.05) is 28.8 Å². The fourth-order valence-corrected chi connectivity index (χ4v) is 4.34. The van der Waals surface area contributed by atoms with Crippen molar-refractivity contribution >= 4 is 45.1 Å². The summed E-state index contributed by atoms with van der Waals surface area (Å²) in [6.07, 6.45) is 0.0348. The molecule has 0 spiro atoms. The van der Waals surface area contributed by atoms with Crippen molar-refractivity contribution in [1.82, 2.24) is 0 Å². The van der Waals surface area contributed by atoms with Gasteiger partial charge in [0.25, 0.3) is 5.91 Å². The van der Waals surface area contributed by atoms with Gasteiger partial charge in [-0.1, -0.05) is 33.6 Å². The summed E-state index contributed by atoms with van der Waals surface area (Å²) in [6, 6.07) is 18.5. The SMILES string of the molecule is Cc1ccc(Oc2ccc(N3C[C@H](C(=O)OCC(=O)Nc4ccc(Br)c(C)c4C)CC3=O)cc2)cc1. The summed E-state index contributed by atoms with van der Waals surface area (Å²) in [5.74, 6) is -0.433. The van der Waals surface area contributed by atoms with E-state index in [0.29, 0.717) is 17.1 Å². The largest absolute Gasteiger partial charge is 0.457 e. The highest BCUT2D eigenvalue weighted by atomic mass is 79.9. The van der Waals surface area contributed by atoms with Crippen molar-refractivity contribution < 1.29 is 23.9 Å². The third-order valence-corrected chi connectivity index (χ3v) is 7.06. The van der Waals surface area contributed by atoms with Gasteiger partial charge in [-0.05, 0) is 80.4 Å². The molecule has 0 aromatic heterocycles. The molecule has 3 aromatic carbocycles. The number of ether oxygens (including phenoxy) is 2. The zero-order valence-corrected chi connectivity index (χ0v) is 21.9. The van der Waals surface area contributed by atoms with Gasteiger partial charge >= 0.3 is 5.97 Å². The van der Waals surface area contributed by atoms with Crippen LogP contribution in [0.25, 0.3) is 0 Å². The number of halogens is 1. The number of nitrogens with one attached hydrogen (secondary N) is 1. The average Bonchev–Trinajstić information content (AvgIpc) is 3.26. The lowest BCUT2D eigenvalue weighted by Gasteiger charge is -2.17. The van der Waals surface area contributed by atoms with E-state index in [1.54, 1.807) is 35.2 Å². The first-order valence-electron chi connectivity index (χ1n) is 11.6. The Morgan fingerprint density at radius 1 is 0.944 bits per heavy atom. The Bertz CT molecular complexity index is 1290. The summed E-state index contributed by atoms with van der Waals surface area (Å²) in [4.78, 5) is 39.0. The van der Waals surface area contributed by atoms with Crippen LogP contribution in [-0.2, 0) is 19.1 Å². The number of benzene rings is 3. The van der Waals surface area contributed by atoms with Crippen molar-refractivity contribution in [3.63, 3.8) is 0 Å². The second-order valence-corrected chi connectivity index (χ2v) is 9.67. The molecule has 0 bridgehead atoms. The van der Waals surface area contributed by atoms with Crippen molar-refractivity contribution in [2.75, 3.05) is 23.4 Å². The predicted molar refractivity (Wildman–Crippen MR) is 141 cm³/mol. The van der Waals surface area contributed by atoms with E-state index in [-0.39, 0.29) is 18.9 Å². The third-order valence-electron chi connectivity index (χ3n) is 6.20. The van der Waals surface area contributed by atoms with Crippen molar-refractivity contribution in [2.45, 2.75) is 27.2 Å². The molecule has 7 nitrogen and oxygen atoms in total. The quantitative estimate of drug-likeness (QED) is 0.381. The zero-order valence-electron chi connectivity index (χ0n) is 20.3. The Morgan fingerprint density at radius 2 is 1.58 bits per heavy atom. The maximum atomic E-state index is 12.6. The highest BCUT2D eigenvalue weighted by molar-refractivity contribution is 9.10. The summed E-state index contributed by atoms with van der Waals surface area (Å²) in [5, 5.41) is 2.77. The molecule has 1 saturated heterocycles. The van der Waals surface area contributed by atoms with E-state index in [4.69, 9.17) is 9.47 Å². The summed E-state index contributed by atoms with van der Waals surface area (Å²) >= 11 is 3.46. The van der Waals surface area contributed by atoms with Crippen LogP contribution in [0.3, 0.4) is 0 Å². The predicted octanol–water partition coefficient (Wildman–Crippen LogP) is 5.70. The van der Waals surface area contributed by atoms with Gasteiger partial charge in [0.1, 0.15) is 11.5 Å². The Balaban J connectivity index is 1.30. The highest BCUT2D eigenvalue weighted by Crippen LogP contribution is 2.29. The van der Waals surface area contributed by atoms with Gasteiger partial charge in [0.2, 0.25) is 5.91 Å². The minimum atomic E-state index is -0.634. The second kappa shape index (κ2) is 11.0. The maximum Gasteiger partial charge on any atom is 0.311 e. The van der Waals surface area contributed by atoms with Gasteiger partial charge in [-0.25, -0.2) is 0 Å². The van der Waals surface area contributed by atoms with Crippen LogP contribution in [0.2, 0.25) is 0 Å². The first-order chi connectivity index (χ1) is 17.2. The Morgan fingerprint density at radius 3 is 2.25 bits per heavy atom. The standard InChI is InChI=1S/C28H27BrN2O5/c1-17-4-8-22(9-5-17)36-23-10-6-21(7-11-23)31-15-20(14-27(31)33)28(34)35-16-26(32)30-25-13-12-24(29)18(2)19(25)3/h4-13,20H,14-16H2,1-3H3,(H,30,32)/t20-/m1/s1. The van der Waals surface area contributed by atoms with Crippen molar-refractivity contribution in [3.8, 4) is 11.5 Å². The molecule has 4 rings (SSSR count). The molecule has 1 aliphatic rings. The number of carbonyl (C=O) groups is 3. The molecule has 1 atom stereocenters. The number of amides is 2. The molecule has 1 aliphatic heterocycles. The van der Waals surface area contributed by atoms with E-state index >= 15 is 0 Å². The molecular weight excluding hydrogens is 524 g/mol. The molecule has 0 saturated carbocycles. The van der Waals surface area contributed by atoms with Crippen LogP contribution in [0, 0.1) is 26.7 Å². The molecule has 1 fully saturated rings. The number of hydrogen-bond acceptors (Lipinski definition) is 5. The molecule has 36 heavy (non-hydrogen) atoms. The minimum Gasteiger partial charge on any atom is -0.457 e. The van der Waals surface area contributed by atoms with E-state index < -0.39 is 24.4 Å². The normalized spacial score (nSPS) is 15.1. The summed E-state index contributed by atoms with van der Waals surface area (Å²) < 4.78 is 12.0. The molecule has 186 valence electrons. The Hall–Kier alpha value is -3.65. The van der Waals surface area contributed by atoms with Crippen molar-refractivity contribution in [3.05, 3.63) is 81.8 Å². The maximum absolute atomic E-state index is 12.6. The lowest BCUT2D eigenvalue weighted by atomic mass is 10.1. The number of hydrogen-bond donors (Lipinski definition) is 1. The number of carbonyl (C=O) groups excluding carboxylic acids is 3. The van der Waals surface area contributed by atoms with Crippen LogP contribution in [0.1, 0.15) is 23.1 Å². The number of anilines is 2. The van der Waals surface area contributed by atoms with E-state index in [1.807, 2.05) is 51.1 Å². The van der Waals surface area contributed by atoms with E-state index in [1.165, 1.54) is 0 Å². The summed E-state index contributed by atoms with van der Waals surface area (Å²) in [7, 11) is 0. The van der Waals surface area contributed by atoms with Gasteiger partial charge in [0.05, 0.1) is 5.92 Å². The number of esters is 1. The van der Waals surface area contributed by atoms with Gasteiger partial charge in [-0.3, -0.25) is 14.4 Å². The molecule has 0 unspecified atom stereocenters. The lowest BCUT2D eigenvalue weighted by Crippen LogP contribution is -2.28. The summed E-state index contributed by atoms with van der Waals surface area (Å²) in [5.41, 5.74) is 4.42. The van der Waals surface area contributed by atoms with E-state index in [0.717, 1.165) is 26.9 Å². The van der Waals surface area contributed by atoms with Crippen LogP contribution in [0.15, 0.2) is 65.1 Å². The Labute approximate surface area is 218 Å². The van der Waals surface area contributed by atoms with Crippen LogP contribution >= 0.6 is 15.9 Å². The second-order valence-electron chi connectivity index (χ2n) is 8.82. The highest BCUT2D eigenvalue weighted by Gasteiger charge is 2.36. The molecule has 1 N–H and O–H groups in total. The molecule has 1 heterocycles. The Kier molecular flexibility index (Phi) is 7.74. The lowest BCUT2D eigenvalue weighted by molar-refractivity contribution is -0.151. The summed E-state index contributed by atoms with van der Waals surface area (Å²) in [6.45, 7) is 5.64. The first kappa shape index (κ1) is 25.4. The van der Waals surface area contributed by atoms with Crippen LogP contribution in [0.4, 0.5) is 11.4 Å². The molecule has 2 amide bonds. The fraction of sp³-hybridized carbons (Fsp3) is 0.250. The van der Waals surface area contributed by atoms with Crippen LogP contribution in [-0.4, -0.2) is 30.9 Å². The van der Waals surface area contributed by atoms with Gasteiger partial charge < -0.3 is 19.7 Å². The van der Waals surface area contributed by atoms with Crippen molar-refractivity contribution in [1.29, 1.82) is 0 Å². The fourth-order valence-electron chi connectivity index (χ4n) is 3.92. The van der Waals surface area contributed by atoms with Gasteiger partial charge in [-0.2, -0.15) is 0 Å². The van der Waals surface area contributed by atoms with Crippen LogP contribution < -0.4 is 15.0 Å². The molecular formula is C28H27BrN2O5. The van der Waals surface area contributed by atoms with Crippen LogP contribution in [0.5, 0.6) is 11.5 Å². The topological polar surface area (TPSA) is 84.9 Å². The average molecular weight is 551 g/mol. The third kappa shape index (κ3) is 5.94.